The second-order valence-electron chi connectivity index (χ2n) is 7.14. The molecule has 3 aromatic rings. The Morgan fingerprint density at radius 3 is 2.83 bits per heavy atom. The molecular formula is C22H21FN4O2. The van der Waals surface area contributed by atoms with Crippen molar-refractivity contribution >= 4 is 17.5 Å². The number of hydrogen-bond acceptors (Lipinski definition) is 3. The van der Waals surface area contributed by atoms with E-state index in [4.69, 9.17) is 0 Å². The van der Waals surface area contributed by atoms with Gasteiger partial charge in [-0.25, -0.2) is 4.39 Å². The summed E-state index contributed by atoms with van der Waals surface area (Å²) in [7, 11) is 1.71. The maximum absolute atomic E-state index is 13.8. The van der Waals surface area contributed by atoms with E-state index in [-0.39, 0.29) is 17.4 Å². The van der Waals surface area contributed by atoms with Crippen molar-refractivity contribution in [2.24, 2.45) is 0 Å². The highest BCUT2D eigenvalue weighted by Gasteiger charge is 2.29. The summed E-state index contributed by atoms with van der Waals surface area (Å²) in [6.07, 6.45) is 1.50. The van der Waals surface area contributed by atoms with E-state index in [1.165, 1.54) is 6.07 Å². The first-order valence-electron chi connectivity index (χ1n) is 9.47. The number of rotatable bonds is 4. The molecule has 1 aliphatic rings. The van der Waals surface area contributed by atoms with Crippen molar-refractivity contribution in [3.63, 3.8) is 0 Å². The number of carbonyl (C=O) groups excluding carboxylic acids is 2. The fourth-order valence-electron chi connectivity index (χ4n) is 3.61. The first-order chi connectivity index (χ1) is 14.0. The minimum absolute atomic E-state index is 0.162. The number of carbonyl (C=O) groups is 2. The fourth-order valence-corrected chi connectivity index (χ4v) is 3.61. The summed E-state index contributed by atoms with van der Waals surface area (Å²) in [6.45, 7) is 0. The Morgan fingerprint density at radius 2 is 2.00 bits per heavy atom. The molecule has 0 bridgehead atoms. The van der Waals surface area contributed by atoms with E-state index in [2.05, 4.69) is 15.5 Å². The molecule has 148 valence electrons. The monoisotopic (exact) mass is 392 g/mol. The van der Waals surface area contributed by atoms with Crippen molar-refractivity contribution in [3.05, 3.63) is 82.9 Å². The van der Waals surface area contributed by atoms with Crippen LogP contribution in [0.3, 0.4) is 0 Å². The molecule has 2 heterocycles. The minimum atomic E-state index is -0.633. The number of nitrogens with zero attached hydrogens (tertiary/aromatic N) is 2. The molecule has 1 aromatic heterocycles. The van der Waals surface area contributed by atoms with E-state index in [9.17, 15) is 14.0 Å². The van der Waals surface area contributed by atoms with Crippen LogP contribution in [-0.4, -0.2) is 35.1 Å². The topological polar surface area (TPSA) is 78.1 Å². The Bertz CT molecular complexity index is 1060. The number of fused-ring (bicyclic) bond motifs is 1. The molecule has 1 unspecified atom stereocenters. The number of aromatic nitrogens is 2. The molecule has 2 amide bonds. The zero-order valence-corrected chi connectivity index (χ0v) is 16.0. The molecule has 2 aromatic carbocycles. The molecule has 7 heteroatoms. The van der Waals surface area contributed by atoms with Crippen molar-refractivity contribution < 1.29 is 14.0 Å². The van der Waals surface area contributed by atoms with Crippen molar-refractivity contribution in [3.8, 4) is 0 Å². The molecular weight excluding hydrogens is 371 g/mol. The van der Waals surface area contributed by atoms with Crippen LogP contribution < -0.4 is 10.2 Å². The summed E-state index contributed by atoms with van der Waals surface area (Å²) in [6, 6.07) is 15.1. The Kier molecular flexibility index (Phi) is 5.12. The number of amides is 2. The number of para-hydroxylation sites is 1. The van der Waals surface area contributed by atoms with Gasteiger partial charge in [-0.2, -0.15) is 5.10 Å². The van der Waals surface area contributed by atoms with E-state index in [1.807, 2.05) is 24.3 Å². The lowest BCUT2D eigenvalue weighted by Gasteiger charge is -2.21. The molecule has 0 radical (unpaired) electrons. The largest absolute Gasteiger partial charge is 0.339 e. The van der Waals surface area contributed by atoms with Crippen LogP contribution in [0.1, 0.15) is 33.7 Å². The maximum Gasteiger partial charge on any atom is 0.272 e. The van der Waals surface area contributed by atoms with E-state index >= 15 is 0 Å². The third-order valence-electron chi connectivity index (χ3n) is 5.19. The molecule has 2 N–H and O–H groups in total. The van der Waals surface area contributed by atoms with Gasteiger partial charge in [-0.1, -0.05) is 36.4 Å². The Balaban J connectivity index is 1.45. The molecule has 0 spiro atoms. The molecule has 0 saturated carbocycles. The average Bonchev–Trinajstić information content (AvgIpc) is 3.16. The van der Waals surface area contributed by atoms with Gasteiger partial charge in [0.1, 0.15) is 17.6 Å². The fraction of sp³-hybridized carbons (Fsp3) is 0.227. The van der Waals surface area contributed by atoms with E-state index in [0.717, 1.165) is 11.3 Å². The predicted molar refractivity (Wildman–Crippen MR) is 107 cm³/mol. The first-order valence-corrected chi connectivity index (χ1v) is 9.47. The third kappa shape index (κ3) is 3.89. The van der Waals surface area contributed by atoms with E-state index < -0.39 is 11.9 Å². The van der Waals surface area contributed by atoms with Gasteiger partial charge in [-0.15, -0.1) is 0 Å². The number of aromatic amines is 1. The first kappa shape index (κ1) is 18.9. The van der Waals surface area contributed by atoms with Crippen molar-refractivity contribution in [2.45, 2.75) is 25.3 Å². The van der Waals surface area contributed by atoms with Crippen LogP contribution in [0.25, 0.3) is 0 Å². The summed E-state index contributed by atoms with van der Waals surface area (Å²) in [4.78, 5) is 27.0. The third-order valence-corrected chi connectivity index (χ3v) is 5.19. The van der Waals surface area contributed by atoms with Gasteiger partial charge in [0.25, 0.3) is 5.91 Å². The summed E-state index contributed by atoms with van der Waals surface area (Å²) >= 11 is 0. The zero-order valence-electron chi connectivity index (χ0n) is 16.0. The lowest BCUT2D eigenvalue weighted by atomic mass is 10.1. The normalized spacial score (nSPS) is 16.3. The Hall–Kier alpha value is -3.48. The number of nitrogens with one attached hydrogen (secondary N) is 2. The Morgan fingerprint density at radius 1 is 1.24 bits per heavy atom. The lowest BCUT2D eigenvalue weighted by Crippen LogP contribution is -2.46. The standard InChI is InChI=1S/C22H21FN4O2/c1-27-20-9-5-3-6-14(20)10-11-18(22(27)29)24-21(28)19-13-16(25-26-19)12-15-7-2-4-8-17(15)23/h2-9,13,18H,10-12H2,1H3,(H,24,28)(H,25,26). The smallest absolute Gasteiger partial charge is 0.272 e. The summed E-state index contributed by atoms with van der Waals surface area (Å²) < 4.78 is 13.8. The maximum atomic E-state index is 13.8. The highest BCUT2D eigenvalue weighted by molar-refractivity contribution is 6.02. The zero-order chi connectivity index (χ0) is 20.4. The molecule has 0 aliphatic carbocycles. The molecule has 1 atom stereocenters. The second kappa shape index (κ2) is 7.87. The number of likely N-dealkylation sites (N-methyl/N-ethyl adjacent to an activating group) is 1. The summed E-state index contributed by atoms with van der Waals surface area (Å²) in [5.41, 5.74) is 3.25. The highest BCUT2D eigenvalue weighted by atomic mass is 19.1. The predicted octanol–water partition coefficient (Wildman–Crippen LogP) is 2.85. The van der Waals surface area contributed by atoms with E-state index in [1.54, 1.807) is 36.2 Å². The second-order valence-corrected chi connectivity index (χ2v) is 7.14. The number of aryl methyl sites for hydroxylation is 1. The number of H-pyrrole nitrogens is 1. The summed E-state index contributed by atoms with van der Waals surface area (Å²) in [5, 5.41) is 9.60. The SMILES string of the molecule is CN1C(=O)C(NC(=O)c2cc(Cc3ccccc3F)[nH]n2)CCc2ccccc21. The number of anilines is 1. The number of benzene rings is 2. The molecule has 0 fully saturated rings. The average molecular weight is 392 g/mol. The van der Waals surface area contributed by atoms with Crippen molar-refractivity contribution in [1.29, 1.82) is 0 Å². The van der Waals surface area contributed by atoms with Crippen LogP contribution >= 0.6 is 0 Å². The van der Waals surface area contributed by atoms with Gasteiger partial charge in [-0.05, 0) is 42.2 Å². The van der Waals surface area contributed by atoms with Gasteiger partial charge in [0.2, 0.25) is 5.91 Å². The van der Waals surface area contributed by atoms with Gasteiger partial charge < -0.3 is 10.2 Å². The van der Waals surface area contributed by atoms with Crippen LogP contribution in [0.2, 0.25) is 0 Å². The van der Waals surface area contributed by atoms with E-state index in [0.29, 0.717) is 30.5 Å². The van der Waals surface area contributed by atoms with Crippen molar-refractivity contribution in [2.75, 3.05) is 11.9 Å². The van der Waals surface area contributed by atoms with Crippen LogP contribution in [0.15, 0.2) is 54.6 Å². The molecule has 1 aliphatic heterocycles. The van der Waals surface area contributed by atoms with Crippen LogP contribution in [0.5, 0.6) is 0 Å². The molecule has 0 saturated heterocycles. The molecule has 4 rings (SSSR count). The van der Waals surface area contributed by atoms with Gasteiger partial charge in [0.15, 0.2) is 0 Å². The van der Waals surface area contributed by atoms with Gasteiger partial charge in [0.05, 0.1) is 0 Å². The van der Waals surface area contributed by atoms with Gasteiger partial charge >= 0.3 is 0 Å². The Labute approximate surface area is 167 Å². The molecule has 6 nitrogen and oxygen atoms in total. The van der Waals surface area contributed by atoms with Gasteiger partial charge in [0, 0.05) is 24.8 Å². The minimum Gasteiger partial charge on any atom is -0.339 e. The highest BCUT2D eigenvalue weighted by Crippen LogP contribution is 2.25. The van der Waals surface area contributed by atoms with Crippen LogP contribution in [0, 0.1) is 5.82 Å². The van der Waals surface area contributed by atoms with Crippen LogP contribution in [0.4, 0.5) is 10.1 Å². The number of halogens is 1. The summed E-state index contributed by atoms with van der Waals surface area (Å²) in [5.74, 6) is -0.899. The van der Waals surface area contributed by atoms with Gasteiger partial charge in [-0.3, -0.25) is 14.7 Å². The molecule has 29 heavy (non-hydrogen) atoms. The van der Waals surface area contributed by atoms with Crippen molar-refractivity contribution in [1.82, 2.24) is 15.5 Å². The number of hydrogen-bond donors (Lipinski definition) is 2. The quantitative estimate of drug-likeness (QED) is 0.717. The lowest BCUT2D eigenvalue weighted by molar-refractivity contribution is -0.120. The van der Waals surface area contributed by atoms with Crippen LogP contribution in [-0.2, 0) is 17.6 Å².